The monoisotopic (exact) mass is 281 g/mol. The van der Waals surface area contributed by atoms with Gasteiger partial charge in [0, 0.05) is 31.8 Å². The molecule has 1 unspecified atom stereocenters. The Morgan fingerprint density at radius 2 is 2.29 bits per heavy atom. The van der Waals surface area contributed by atoms with Gasteiger partial charge in [0.15, 0.2) is 0 Å². The molecular weight excluding hydrogens is 270 g/mol. The molecule has 0 aliphatic rings. The van der Waals surface area contributed by atoms with E-state index in [1.807, 2.05) is 23.0 Å². The quantitative estimate of drug-likeness (QED) is 0.570. The lowest BCUT2D eigenvalue weighted by Gasteiger charge is -2.12. The number of hydrogen-bond donors (Lipinski definition) is 2. The summed E-state index contributed by atoms with van der Waals surface area (Å²) in [6.45, 7) is 0. The van der Waals surface area contributed by atoms with E-state index in [2.05, 4.69) is 27.9 Å². The largest absolute Gasteiger partial charge is 0.271 e. The minimum absolute atomic E-state index is 0.181. The highest BCUT2D eigenvalue weighted by Crippen LogP contribution is 2.34. The number of thiophene rings is 2. The van der Waals surface area contributed by atoms with Gasteiger partial charge in [-0.3, -0.25) is 16.3 Å². The molecule has 17 heavy (non-hydrogen) atoms. The van der Waals surface area contributed by atoms with E-state index in [0.29, 0.717) is 0 Å². The molecule has 3 nitrogen and oxygen atoms in total. The molecule has 0 amide bonds. The van der Waals surface area contributed by atoms with Crippen LogP contribution in [0.2, 0.25) is 0 Å². The van der Waals surface area contributed by atoms with Crippen molar-refractivity contribution in [3.05, 3.63) is 39.0 Å². The fourth-order valence-electron chi connectivity index (χ4n) is 1.74. The molecule has 0 fully saturated rings. The second-order valence-corrected chi connectivity index (χ2v) is 6.72. The Morgan fingerprint density at radius 1 is 1.35 bits per heavy atom. The van der Waals surface area contributed by atoms with Crippen molar-refractivity contribution in [1.29, 1.82) is 0 Å². The maximum Gasteiger partial charge on any atom is 0.0794 e. The highest BCUT2D eigenvalue weighted by Gasteiger charge is 2.15. The third-order valence-electron chi connectivity index (χ3n) is 2.59. The van der Waals surface area contributed by atoms with Gasteiger partial charge < -0.3 is 0 Å². The molecule has 3 rings (SSSR count). The Kier molecular flexibility index (Phi) is 3.21. The van der Waals surface area contributed by atoms with Crippen molar-refractivity contribution in [2.45, 2.75) is 12.5 Å². The highest BCUT2D eigenvalue weighted by atomic mass is 32.1. The molecule has 0 radical (unpaired) electrons. The van der Waals surface area contributed by atoms with Crippen LogP contribution in [0.3, 0.4) is 0 Å². The molecule has 3 aromatic heterocycles. The molecule has 0 aliphatic carbocycles. The zero-order chi connectivity index (χ0) is 11.7. The summed E-state index contributed by atoms with van der Waals surface area (Å²) in [6, 6.07) is 4.57. The van der Waals surface area contributed by atoms with Crippen LogP contribution in [0.25, 0.3) is 9.40 Å². The van der Waals surface area contributed by atoms with Crippen LogP contribution in [0.5, 0.6) is 0 Å². The topological polar surface area (TPSA) is 50.9 Å². The Balaban J connectivity index is 1.87. The van der Waals surface area contributed by atoms with Gasteiger partial charge in [-0.1, -0.05) is 0 Å². The summed E-state index contributed by atoms with van der Waals surface area (Å²) in [5.74, 6) is 5.66. The van der Waals surface area contributed by atoms with Crippen molar-refractivity contribution in [3.8, 4) is 0 Å². The number of aromatic nitrogens is 1. The van der Waals surface area contributed by atoms with Crippen LogP contribution in [0, 0.1) is 0 Å². The molecular formula is C11H11N3S3. The van der Waals surface area contributed by atoms with E-state index < -0.39 is 0 Å². The summed E-state index contributed by atoms with van der Waals surface area (Å²) in [5, 5.41) is 2.12. The predicted molar refractivity (Wildman–Crippen MR) is 75.6 cm³/mol. The molecule has 0 aliphatic heterocycles. The first-order valence-electron chi connectivity index (χ1n) is 5.17. The number of rotatable bonds is 4. The molecule has 3 N–H and O–H groups in total. The van der Waals surface area contributed by atoms with Crippen molar-refractivity contribution in [3.63, 3.8) is 0 Å². The number of thiazole rings is 1. The minimum atomic E-state index is 0.181. The third kappa shape index (κ3) is 2.27. The standard InChI is InChI=1S/C11H11N3S3/c12-14-8(3-7-5-13-6-16-7)10-4-11-9(17-10)1-2-15-11/h1-2,4-6,8,14H,3,12H2. The SMILES string of the molecule is NNC(Cc1cncs1)c1cc2sccc2s1. The van der Waals surface area contributed by atoms with Gasteiger partial charge in [0.25, 0.3) is 0 Å². The van der Waals surface area contributed by atoms with Crippen LogP contribution >= 0.6 is 34.0 Å². The minimum Gasteiger partial charge on any atom is -0.271 e. The average Bonchev–Trinajstić information content (AvgIpc) is 3.01. The molecule has 0 saturated heterocycles. The van der Waals surface area contributed by atoms with E-state index in [-0.39, 0.29) is 6.04 Å². The van der Waals surface area contributed by atoms with Gasteiger partial charge in [0.2, 0.25) is 0 Å². The third-order valence-corrected chi connectivity index (χ3v) is 5.60. The summed E-state index contributed by atoms with van der Waals surface area (Å²) < 4.78 is 2.68. The Morgan fingerprint density at radius 3 is 3.00 bits per heavy atom. The number of hydrogen-bond acceptors (Lipinski definition) is 6. The van der Waals surface area contributed by atoms with Crippen LogP contribution in [0.1, 0.15) is 15.8 Å². The van der Waals surface area contributed by atoms with Crippen molar-refractivity contribution < 1.29 is 0 Å². The summed E-state index contributed by atoms with van der Waals surface area (Å²) in [7, 11) is 0. The fourth-order valence-corrected chi connectivity index (χ4v) is 4.56. The van der Waals surface area contributed by atoms with E-state index in [1.54, 1.807) is 22.7 Å². The fraction of sp³-hybridized carbons (Fsp3) is 0.182. The first kappa shape index (κ1) is 11.3. The molecule has 0 spiro atoms. The number of nitrogens with zero attached hydrogens (tertiary/aromatic N) is 1. The number of nitrogens with one attached hydrogen (secondary N) is 1. The molecule has 3 heterocycles. The van der Waals surface area contributed by atoms with Gasteiger partial charge in [-0.15, -0.1) is 34.0 Å². The molecule has 3 aromatic rings. The van der Waals surface area contributed by atoms with Crippen LogP contribution in [-0.2, 0) is 6.42 Å². The molecule has 6 heteroatoms. The van der Waals surface area contributed by atoms with E-state index in [0.717, 1.165) is 6.42 Å². The Bertz CT molecular complexity index is 568. The van der Waals surface area contributed by atoms with E-state index >= 15 is 0 Å². The average molecular weight is 281 g/mol. The Labute approximate surface area is 111 Å². The van der Waals surface area contributed by atoms with Crippen LogP contribution in [-0.4, -0.2) is 4.98 Å². The van der Waals surface area contributed by atoms with Gasteiger partial charge >= 0.3 is 0 Å². The summed E-state index contributed by atoms with van der Waals surface area (Å²) >= 11 is 5.26. The maximum atomic E-state index is 5.66. The number of hydrazine groups is 1. The van der Waals surface area contributed by atoms with E-state index in [4.69, 9.17) is 5.84 Å². The van der Waals surface area contributed by atoms with Crippen molar-refractivity contribution in [1.82, 2.24) is 10.4 Å². The van der Waals surface area contributed by atoms with E-state index in [1.165, 1.54) is 19.2 Å². The zero-order valence-electron chi connectivity index (χ0n) is 8.92. The molecule has 1 atom stereocenters. The molecule has 0 aromatic carbocycles. The van der Waals surface area contributed by atoms with Crippen molar-refractivity contribution in [2.75, 3.05) is 0 Å². The molecule has 88 valence electrons. The first-order chi connectivity index (χ1) is 8.36. The van der Waals surface area contributed by atoms with Crippen molar-refractivity contribution >= 4 is 43.4 Å². The lowest BCUT2D eigenvalue weighted by molar-refractivity contribution is 0.564. The lowest BCUT2D eigenvalue weighted by Crippen LogP contribution is -2.28. The summed E-state index contributed by atoms with van der Waals surface area (Å²) in [5.41, 5.74) is 4.76. The van der Waals surface area contributed by atoms with Crippen LogP contribution < -0.4 is 11.3 Å². The first-order valence-corrected chi connectivity index (χ1v) is 7.75. The summed E-state index contributed by atoms with van der Waals surface area (Å²) in [6.07, 6.45) is 2.81. The van der Waals surface area contributed by atoms with Gasteiger partial charge in [-0.05, 0) is 17.5 Å². The zero-order valence-corrected chi connectivity index (χ0v) is 11.4. The molecule has 0 bridgehead atoms. The molecule has 0 saturated carbocycles. The predicted octanol–water partition coefficient (Wildman–Crippen LogP) is 3.17. The normalized spacial score (nSPS) is 13.2. The van der Waals surface area contributed by atoms with E-state index in [9.17, 15) is 0 Å². The van der Waals surface area contributed by atoms with Gasteiger partial charge in [0.1, 0.15) is 0 Å². The Hall–Kier alpha value is -0.790. The second-order valence-electron chi connectivity index (χ2n) is 3.69. The number of nitrogens with two attached hydrogens (primary N) is 1. The van der Waals surface area contributed by atoms with Crippen LogP contribution in [0.15, 0.2) is 29.2 Å². The van der Waals surface area contributed by atoms with Crippen LogP contribution in [0.4, 0.5) is 0 Å². The highest BCUT2D eigenvalue weighted by molar-refractivity contribution is 7.27. The van der Waals surface area contributed by atoms with Gasteiger partial charge in [-0.25, -0.2) is 0 Å². The summed E-state index contributed by atoms with van der Waals surface area (Å²) in [4.78, 5) is 6.64. The van der Waals surface area contributed by atoms with Crippen molar-refractivity contribution in [2.24, 2.45) is 5.84 Å². The second kappa shape index (κ2) is 4.83. The lowest BCUT2D eigenvalue weighted by atomic mass is 10.1. The van der Waals surface area contributed by atoms with Gasteiger partial charge in [0.05, 0.1) is 11.6 Å². The van der Waals surface area contributed by atoms with Gasteiger partial charge in [-0.2, -0.15) is 0 Å². The smallest absolute Gasteiger partial charge is 0.0794 e. The maximum absolute atomic E-state index is 5.66. The number of fused-ring (bicyclic) bond motifs is 1.